The van der Waals surface area contributed by atoms with Crippen LogP contribution in [0.25, 0.3) is 6.08 Å². The van der Waals surface area contributed by atoms with Crippen LogP contribution in [0.2, 0.25) is 0 Å². The van der Waals surface area contributed by atoms with Crippen LogP contribution in [-0.2, 0) is 16.4 Å². The average molecular weight is 470 g/mol. The van der Waals surface area contributed by atoms with Crippen molar-refractivity contribution in [3.63, 3.8) is 0 Å². The molecule has 0 bridgehead atoms. The van der Waals surface area contributed by atoms with Gasteiger partial charge in [-0.15, -0.1) is 0 Å². The first-order chi connectivity index (χ1) is 15.6. The zero-order chi connectivity index (χ0) is 22.2. The number of nitrogens with zero attached hydrogens (tertiary/aromatic N) is 4. The second-order valence-electron chi connectivity index (χ2n) is 7.64. The molecule has 7 nitrogen and oxygen atoms in total. The van der Waals surface area contributed by atoms with Gasteiger partial charge in [0.2, 0.25) is 15.2 Å². The Morgan fingerprint density at radius 2 is 1.66 bits per heavy atom. The van der Waals surface area contributed by atoms with Gasteiger partial charge in [0.1, 0.15) is 5.82 Å². The summed E-state index contributed by atoms with van der Waals surface area (Å²) in [5.41, 5.74) is 2.07. The SMILES string of the molecule is O=S(=O)(/C=C/c1ccccc1)NCCN1CCN(c2nc(Cc3ccccc3)ns2)CC1. The molecule has 0 spiro atoms. The van der Waals surface area contributed by atoms with Crippen LogP contribution in [0.1, 0.15) is 17.0 Å². The van der Waals surface area contributed by atoms with Crippen LogP contribution in [0.3, 0.4) is 0 Å². The third-order valence-electron chi connectivity index (χ3n) is 5.28. The summed E-state index contributed by atoms with van der Waals surface area (Å²) in [6.45, 7) is 4.54. The van der Waals surface area contributed by atoms with E-state index < -0.39 is 10.0 Å². The van der Waals surface area contributed by atoms with E-state index in [1.807, 2.05) is 48.5 Å². The van der Waals surface area contributed by atoms with Gasteiger partial charge >= 0.3 is 0 Å². The molecule has 1 aliphatic heterocycles. The minimum Gasteiger partial charge on any atom is -0.344 e. The summed E-state index contributed by atoms with van der Waals surface area (Å²) in [5.74, 6) is 0.858. The number of sulfonamides is 1. The van der Waals surface area contributed by atoms with Crippen molar-refractivity contribution in [3.05, 3.63) is 83.0 Å². The summed E-state index contributed by atoms with van der Waals surface area (Å²) in [5, 5.41) is 2.19. The molecule has 2 heterocycles. The van der Waals surface area contributed by atoms with E-state index in [1.165, 1.54) is 22.5 Å². The van der Waals surface area contributed by atoms with Crippen LogP contribution in [0.5, 0.6) is 0 Å². The minimum atomic E-state index is -3.44. The zero-order valence-corrected chi connectivity index (χ0v) is 19.4. The average Bonchev–Trinajstić information content (AvgIpc) is 3.28. The molecule has 9 heteroatoms. The van der Waals surface area contributed by atoms with E-state index in [-0.39, 0.29) is 0 Å². The normalized spacial score (nSPS) is 15.4. The summed E-state index contributed by atoms with van der Waals surface area (Å²) < 4.78 is 31.5. The molecule has 1 aliphatic rings. The fourth-order valence-corrected chi connectivity index (χ4v) is 5.06. The maximum Gasteiger partial charge on any atom is 0.233 e. The van der Waals surface area contributed by atoms with E-state index in [1.54, 1.807) is 6.08 Å². The monoisotopic (exact) mass is 469 g/mol. The molecule has 0 saturated carbocycles. The van der Waals surface area contributed by atoms with E-state index in [2.05, 4.69) is 31.0 Å². The summed E-state index contributed by atoms with van der Waals surface area (Å²) >= 11 is 1.45. The number of piperazine rings is 1. The van der Waals surface area contributed by atoms with Gasteiger partial charge < -0.3 is 4.90 Å². The predicted octanol–water partition coefficient (Wildman–Crippen LogP) is 2.84. The lowest BCUT2D eigenvalue weighted by Crippen LogP contribution is -2.48. The number of anilines is 1. The number of benzene rings is 2. The van der Waals surface area contributed by atoms with E-state index in [9.17, 15) is 8.42 Å². The number of hydrogen-bond acceptors (Lipinski definition) is 7. The van der Waals surface area contributed by atoms with Crippen molar-refractivity contribution in [2.45, 2.75) is 6.42 Å². The number of hydrogen-bond donors (Lipinski definition) is 1. The summed E-state index contributed by atoms with van der Waals surface area (Å²) in [7, 11) is -3.44. The molecule has 168 valence electrons. The standard InChI is InChI=1S/C23H27N5O2S2/c29-32(30,18-11-20-7-3-1-4-8-20)24-12-13-27-14-16-28(17-15-27)23-25-22(26-31-23)19-21-9-5-2-6-10-21/h1-11,18,24H,12-17,19H2/b18-11+. The number of aromatic nitrogens is 2. The Bertz CT molecular complexity index is 1110. The van der Waals surface area contributed by atoms with Crippen molar-refractivity contribution < 1.29 is 8.42 Å². The summed E-state index contributed by atoms with van der Waals surface area (Å²) in [6.07, 6.45) is 2.35. The van der Waals surface area contributed by atoms with E-state index in [4.69, 9.17) is 4.98 Å². The molecular formula is C23H27N5O2S2. The van der Waals surface area contributed by atoms with Crippen molar-refractivity contribution >= 4 is 32.8 Å². The lowest BCUT2D eigenvalue weighted by Gasteiger charge is -2.34. The van der Waals surface area contributed by atoms with Crippen LogP contribution in [0.4, 0.5) is 5.13 Å². The van der Waals surface area contributed by atoms with Crippen LogP contribution in [0, 0.1) is 0 Å². The van der Waals surface area contributed by atoms with Gasteiger partial charge in [-0.25, -0.2) is 18.1 Å². The molecule has 32 heavy (non-hydrogen) atoms. The molecule has 0 aliphatic carbocycles. The highest BCUT2D eigenvalue weighted by atomic mass is 32.2. The molecule has 0 amide bonds. The van der Waals surface area contributed by atoms with Crippen LogP contribution in [0.15, 0.2) is 66.1 Å². The highest BCUT2D eigenvalue weighted by Gasteiger charge is 2.20. The Balaban J connectivity index is 1.19. The van der Waals surface area contributed by atoms with E-state index in [0.717, 1.165) is 49.1 Å². The quantitative estimate of drug-likeness (QED) is 0.519. The van der Waals surface area contributed by atoms with Crippen LogP contribution < -0.4 is 9.62 Å². The Labute approximate surface area is 193 Å². The van der Waals surface area contributed by atoms with Gasteiger partial charge in [-0.2, -0.15) is 4.37 Å². The summed E-state index contributed by atoms with van der Waals surface area (Å²) in [6, 6.07) is 19.6. The minimum absolute atomic E-state index is 0.390. The molecule has 1 N–H and O–H groups in total. The zero-order valence-electron chi connectivity index (χ0n) is 17.8. The van der Waals surface area contributed by atoms with Gasteiger partial charge in [0, 0.05) is 62.6 Å². The Morgan fingerprint density at radius 1 is 0.969 bits per heavy atom. The van der Waals surface area contributed by atoms with Gasteiger partial charge in [0.25, 0.3) is 0 Å². The molecule has 0 radical (unpaired) electrons. The van der Waals surface area contributed by atoms with Gasteiger partial charge in [-0.1, -0.05) is 60.7 Å². The lowest BCUT2D eigenvalue weighted by molar-refractivity contribution is 0.262. The topological polar surface area (TPSA) is 78.4 Å². The Kier molecular flexibility index (Phi) is 7.64. The van der Waals surface area contributed by atoms with E-state index in [0.29, 0.717) is 13.1 Å². The maximum atomic E-state index is 12.2. The van der Waals surface area contributed by atoms with Crippen molar-refractivity contribution in [1.29, 1.82) is 0 Å². The molecule has 0 unspecified atom stereocenters. The number of rotatable bonds is 9. The van der Waals surface area contributed by atoms with Gasteiger partial charge in [0.05, 0.1) is 0 Å². The number of nitrogens with one attached hydrogen (secondary N) is 1. The van der Waals surface area contributed by atoms with Crippen molar-refractivity contribution in [3.8, 4) is 0 Å². The fourth-order valence-electron chi connectivity index (χ4n) is 3.51. The van der Waals surface area contributed by atoms with Crippen molar-refractivity contribution in [2.75, 3.05) is 44.2 Å². The smallest absolute Gasteiger partial charge is 0.233 e. The molecule has 1 aromatic heterocycles. The second kappa shape index (κ2) is 10.8. The predicted molar refractivity (Wildman–Crippen MR) is 130 cm³/mol. The third kappa shape index (κ3) is 6.70. The first-order valence-corrected chi connectivity index (χ1v) is 13.0. The first kappa shape index (κ1) is 22.6. The molecular weight excluding hydrogens is 442 g/mol. The Hall–Kier alpha value is -2.59. The molecule has 1 fully saturated rings. The molecule has 1 saturated heterocycles. The van der Waals surface area contributed by atoms with Crippen LogP contribution in [-0.4, -0.2) is 61.9 Å². The molecule has 0 atom stereocenters. The maximum absolute atomic E-state index is 12.2. The van der Waals surface area contributed by atoms with Gasteiger partial charge in [0.15, 0.2) is 0 Å². The molecule has 2 aromatic carbocycles. The molecule has 3 aromatic rings. The van der Waals surface area contributed by atoms with Crippen LogP contribution >= 0.6 is 11.5 Å². The largest absolute Gasteiger partial charge is 0.344 e. The Morgan fingerprint density at radius 3 is 2.38 bits per heavy atom. The summed E-state index contributed by atoms with van der Waals surface area (Å²) in [4.78, 5) is 9.24. The second-order valence-corrected chi connectivity index (χ2v) is 10.0. The third-order valence-corrected chi connectivity index (χ3v) is 7.19. The first-order valence-electron chi connectivity index (χ1n) is 10.6. The van der Waals surface area contributed by atoms with Crippen molar-refractivity contribution in [1.82, 2.24) is 19.0 Å². The lowest BCUT2D eigenvalue weighted by atomic mass is 10.1. The highest BCUT2D eigenvalue weighted by molar-refractivity contribution is 7.92. The van der Waals surface area contributed by atoms with Gasteiger partial charge in [-0.3, -0.25) is 4.90 Å². The van der Waals surface area contributed by atoms with E-state index >= 15 is 0 Å². The van der Waals surface area contributed by atoms with Gasteiger partial charge in [-0.05, 0) is 17.2 Å². The highest BCUT2D eigenvalue weighted by Crippen LogP contribution is 2.20. The fraction of sp³-hybridized carbons (Fsp3) is 0.304. The van der Waals surface area contributed by atoms with Crippen molar-refractivity contribution in [2.24, 2.45) is 0 Å². The molecule has 4 rings (SSSR count).